The average molecular weight is 298 g/mol. The highest BCUT2D eigenvalue weighted by atomic mass is 35.5. The highest BCUT2D eigenvalue weighted by Crippen LogP contribution is 2.42. The van der Waals surface area contributed by atoms with Crippen molar-refractivity contribution in [3.05, 3.63) is 34.6 Å². The van der Waals surface area contributed by atoms with Gasteiger partial charge in [0.25, 0.3) is 0 Å². The maximum atomic E-state index is 13.3. The summed E-state index contributed by atoms with van der Waals surface area (Å²) < 4.78 is 13.3. The van der Waals surface area contributed by atoms with Crippen molar-refractivity contribution >= 4 is 11.6 Å². The zero-order valence-electron chi connectivity index (χ0n) is 12.7. The minimum atomic E-state index is -0.256. The van der Waals surface area contributed by atoms with Gasteiger partial charge < -0.3 is 5.32 Å². The van der Waals surface area contributed by atoms with E-state index in [1.165, 1.54) is 31.4 Å². The molecule has 0 spiro atoms. The van der Waals surface area contributed by atoms with E-state index in [2.05, 4.69) is 26.1 Å². The van der Waals surface area contributed by atoms with Crippen molar-refractivity contribution in [1.29, 1.82) is 0 Å². The third kappa shape index (κ3) is 3.73. The highest BCUT2D eigenvalue weighted by molar-refractivity contribution is 6.31. The normalized spacial score (nSPS) is 19.1. The lowest BCUT2D eigenvalue weighted by molar-refractivity contribution is 0.253. The lowest BCUT2D eigenvalue weighted by Crippen LogP contribution is -2.47. The summed E-state index contributed by atoms with van der Waals surface area (Å²) in [6.07, 6.45) is 5.98. The topological polar surface area (TPSA) is 12.0 Å². The monoisotopic (exact) mass is 297 g/mol. The van der Waals surface area contributed by atoms with Crippen LogP contribution < -0.4 is 5.32 Å². The van der Waals surface area contributed by atoms with Crippen molar-refractivity contribution in [3.63, 3.8) is 0 Å². The first-order valence-corrected chi connectivity index (χ1v) is 7.91. The van der Waals surface area contributed by atoms with Gasteiger partial charge in [0.1, 0.15) is 5.82 Å². The van der Waals surface area contributed by atoms with E-state index in [0.29, 0.717) is 5.02 Å². The van der Waals surface area contributed by atoms with Crippen molar-refractivity contribution in [3.8, 4) is 0 Å². The van der Waals surface area contributed by atoms with Crippen LogP contribution in [0.15, 0.2) is 18.2 Å². The number of nitrogens with one attached hydrogen (secondary N) is 1. The number of halogens is 2. The number of hydrogen-bond acceptors (Lipinski definition) is 1. The lowest BCUT2D eigenvalue weighted by atomic mass is 9.69. The predicted molar refractivity (Wildman–Crippen MR) is 83.9 cm³/mol. The van der Waals surface area contributed by atoms with Gasteiger partial charge in [-0.25, -0.2) is 4.39 Å². The Hall–Kier alpha value is -0.600. The van der Waals surface area contributed by atoms with Crippen molar-refractivity contribution in [1.82, 2.24) is 5.32 Å². The summed E-state index contributed by atoms with van der Waals surface area (Å²) in [4.78, 5) is 0. The van der Waals surface area contributed by atoms with Gasteiger partial charge >= 0.3 is 0 Å². The van der Waals surface area contributed by atoms with Gasteiger partial charge in [-0.05, 0) is 51.3 Å². The molecule has 1 aromatic rings. The molecule has 3 heteroatoms. The fraction of sp³-hybridized carbons (Fsp3) is 0.647. The molecule has 1 nitrogen and oxygen atoms in total. The van der Waals surface area contributed by atoms with Crippen LogP contribution in [-0.4, -0.2) is 12.1 Å². The fourth-order valence-corrected chi connectivity index (χ4v) is 3.49. The second-order valence-electron chi connectivity index (χ2n) is 7.07. The van der Waals surface area contributed by atoms with Crippen LogP contribution >= 0.6 is 11.6 Å². The van der Waals surface area contributed by atoms with E-state index < -0.39 is 0 Å². The third-order valence-electron chi connectivity index (χ3n) is 4.27. The van der Waals surface area contributed by atoms with E-state index >= 15 is 0 Å². The van der Waals surface area contributed by atoms with Crippen LogP contribution in [0.1, 0.15) is 58.4 Å². The first-order chi connectivity index (χ1) is 9.32. The predicted octanol–water partition coefficient (Wildman–Crippen LogP) is 5.07. The zero-order chi connectivity index (χ0) is 14.8. The second-order valence-corrected chi connectivity index (χ2v) is 7.48. The Balaban J connectivity index is 2.30. The average Bonchev–Trinajstić information content (AvgIpc) is 2.36. The summed E-state index contributed by atoms with van der Waals surface area (Å²) in [5.41, 5.74) is 1.24. The van der Waals surface area contributed by atoms with Crippen LogP contribution in [-0.2, 0) is 5.41 Å². The summed E-state index contributed by atoms with van der Waals surface area (Å²) in [7, 11) is 0. The molecule has 1 aliphatic rings. The van der Waals surface area contributed by atoms with Crippen molar-refractivity contribution < 1.29 is 4.39 Å². The molecular weight excluding hydrogens is 273 g/mol. The van der Waals surface area contributed by atoms with E-state index in [1.807, 2.05) is 6.07 Å². The lowest BCUT2D eigenvalue weighted by Gasteiger charge is -2.40. The SMILES string of the molecule is CC(C)(C)NCC1(c2ccc(F)cc2Cl)CCCCC1. The fourth-order valence-electron chi connectivity index (χ4n) is 3.12. The van der Waals surface area contributed by atoms with Gasteiger partial charge in [-0.1, -0.05) is 36.9 Å². The Kier molecular flexibility index (Phi) is 4.76. The number of rotatable bonds is 3. The summed E-state index contributed by atoms with van der Waals surface area (Å²) in [5, 5.41) is 4.19. The molecular formula is C17H25ClFN. The highest BCUT2D eigenvalue weighted by Gasteiger charge is 2.36. The third-order valence-corrected chi connectivity index (χ3v) is 4.58. The molecule has 0 heterocycles. The first kappa shape index (κ1) is 15.8. The summed E-state index contributed by atoms with van der Waals surface area (Å²) >= 11 is 6.33. The van der Waals surface area contributed by atoms with Crippen molar-refractivity contribution in [2.75, 3.05) is 6.54 Å². The van der Waals surface area contributed by atoms with Crippen LogP contribution in [0.5, 0.6) is 0 Å². The molecule has 20 heavy (non-hydrogen) atoms. The Labute approximate surface area is 126 Å². The standard InChI is InChI=1S/C17H25ClFN/c1-16(2,3)20-12-17(9-5-4-6-10-17)14-8-7-13(19)11-15(14)18/h7-8,11,20H,4-6,9-10,12H2,1-3H3. The van der Waals surface area contributed by atoms with E-state index in [1.54, 1.807) is 0 Å². The number of benzene rings is 1. The summed E-state index contributed by atoms with van der Waals surface area (Å²) in [6, 6.07) is 4.87. The van der Waals surface area contributed by atoms with E-state index in [4.69, 9.17) is 11.6 Å². The molecule has 2 rings (SSSR count). The first-order valence-electron chi connectivity index (χ1n) is 7.53. The van der Waals surface area contributed by atoms with Crippen LogP contribution in [0.4, 0.5) is 4.39 Å². The van der Waals surface area contributed by atoms with Gasteiger partial charge in [0.15, 0.2) is 0 Å². The molecule has 0 aromatic heterocycles. The summed E-state index contributed by atoms with van der Waals surface area (Å²) in [5.74, 6) is -0.256. The molecule has 112 valence electrons. The molecule has 1 saturated carbocycles. The molecule has 1 aromatic carbocycles. The van der Waals surface area contributed by atoms with Crippen molar-refractivity contribution in [2.24, 2.45) is 0 Å². The zero-order valence-corrected chi connectivity index (χ0v) is 13.5. The second kappa shape index (κ2) is 6.03. The van der Waals surface area contributed by atoms with Gasteiger partial charge in [0, 0.05) is 22.5 Å². The van der Waals surface area contributed by atoms with Crippen LogP contribution in [0, 0.1) is 5.82 Å². The minimum Gasteiger partial charge on any atom is -0.311 e. The van der Waals surface area contributed by atoms with Crippen LogP contribution in [0.3, 0.4) is 0 Å². The smallest absolute Gasteiger partial charge is 0.124 e. The quantitative estimate of drug-likeness (QED) is 0.821. The van der Waals surface area contributed by atoms with Gasteiger partial charge in [-0.3, -0.25) is 0 Å². The molecule has 0 saturated heterocycles. The maximum Gasteiger partial charge on any atom is 0.124 e. The van der Waals surface area contributed by atoms with Gasteiger partial charge in [-0.2, -0.15) is 0 Å². The minimum absolute atomic E-state index is 0.0519. The van der Waals surface area contributed by atoms with Crippen LogP contribution in [0.25, 0.3) is 0 Å². The molecule has 1 aliphatic carbocycles. The molecule has 0 aliphatic heterocycles. The van der Waals surface area contributed by atoms with Gasteiger partial charge in [0.05, 0.1) is 0 Å². The molecule has 0 amide bonds. The molecule has 1 fully saturated rings. The maximum absolute atomic E-state index is 13.3. The Bertz CT molecular complexity index is 459. The molecule has 1 N–H and O–H groups in total. The molecule has 0 unspecified atom stereocenters. The molecule has 0 bridgehead atoms. The Morgan fingerprint density at radius 3 is 2.40 bits per heavy atom. The largest absolute Gasteiger partial charge is 0.311 e. The van der Waals surface area contributed by atoms with Gasteiger partial charge in [-0.15, -0.1) is 0 Å². The van der Waals surface area contributed by atoms with Crippen molar-refractivity contribution in [2.45, 2.75) is 63.8 Å². The Morgan fingerprint density at radius 1 is 1.20 bits per heavy atom. The van der Waals surface area contributed by atoms with Gasteiger partial charge in [0.2, 0.25) is 0 Å². The number of hydrogen-bond donors (Lipinski definition) is 1. The summed E-state index contributed by atoms with van der Waals surface area (Å²) in [6.45, 7) is 7.43. The Morgan fingerprint density at radius 2 is 1.85 bits per heavy atom. The van der Waals surface area contributed by atoms with E-state index in [-0.39, 0.29) is 16.8 Å². The molecule has 0 atom stereocenters. The van der Waals surface area contributed by atoms with Crippen LogP contribution in [0.2, 0.25) is 5.02 Å². The molecule has 0 radical (unpaired) electrons. The van der Waals surface area contributed by atoms with E-state index in [0.717, 1.165) is 24.9 Å². The van der Waals surface area contributed by atoms with E-state index in [9.17, 15) is 4.39 Å².